The predicted octanol–water partition coefficient (Wildman–Crippen LogP) is 3.44. The Morgan fingerprint density at radius 2 is 1.74 bits per heavy atom. The quantitative estimate of drug-likeness (QED) is 0.722. The van der Waals surface area contributed by atoms with E-state index in [4.69, 9.17) is 16.3 Å². The highest BCUT2D eigenvalue weighted by Crippen LogP contribution is 2.23. The second kappa shape index (κ2) is 10.8. The Bertz CT molecular complexity index is 754. The van der Waals surface area contributed by atoms with Crippen molar-refractivity contribution in [2.75, 3.05) is 32.7 Å². The van der Waals surface area contributed by atoms with E-state index in [-0.39, 0.29) is 29.9 Å². The molecule has 1 aromatic carbocycles. The lowest BCUT2D eigenvalue weighted by atomic mass is 9.94. The van der Waals surface area contributed by atoms with Crippen LogP contribution in [0.5, 0.6) is 0 Å². The van der Waals surface area contributed by atoms with E-state index in [0.717, 1.165) is 45.6 Å². The first-order valence-electron chi connectivity index (χ1n) is 11.5. The number of morpholine rings is 1. The first kappa shape index (κ1) is 24.0. The number of piperidine rings is 1. The normalized spacial score (nSPS) is 24.3. The number of carbonyl (C=O) groups excluding carboxylic acids is 2. The highest BCUT2D eigenvalue weighted by Gasteiger charge is 2.33. The molecule has 3 atom stereocenters. The molecule has 0 unspecified atom stereocenters. The summed E-state index contributed by atoms with van der Waals surface area (Å²) in [5, 5.41) is 3.31. The number of likely N-dealkylation sites (tertiary alicyclic amines) is 1. The van der Waals surface area contributed by atoms with Gasteiger partial charge in [-0.05, 0) is 50.7 Å². The molecule has 7 heteroatoms. The summed E-state index contributed by atoms with van der Waals surface area (Å²) in [5.74, 6) is 0.287. The molecular formula is C24H36ClN3O3. The van der Waals surface area contributed by atoms with E-state index < -0.39 is 6.04 Å². The van der Waals surface area contributed by atoms with Crippen molar-refractivity contribution in [1.82, 2.24) is 15.1 Å². The molecule has 172 valence electrons. The maximum absolute atomic E-state index is 13.2. The van der Waals surface area contributed by atoms with Crippen LogP contribution in [-0.4, -0.2) is 72.6 Å². The molecule has 1 aromatic rings. The number of nitrogens with one attached hydrogen (secondary N) is 1. The zero-order valence-electron chi connectivity index (χ0n) is 19.1. The molecule has 2 saturated heterocycles. The van der Waals surface area contributed by atoms with Gasteiger partial charge in [0.15, 0.2) is 0 Å². The van der Waals surface area contributed by atoms with Crippen LogP contribution in [0.2, 0.25) is 5.02 Å². The number of carbonyl (C=O) groups is 2. The van der Waals surface area contributed by atoms with Gasteiger partial charge in [-0.25, -0.2) is 0 Å². The van der Waals surface area contributed by atoms with Gasteiger partial charge in [0.1, 0.15) is 6.04 Å². The smallest absolute Gasteiger partial charge is 0.253 e. The molecule has 2 aliphatic heterocycles. The number of rotatable bonds is 6. The number of amides is 2. The number of ether oxygens (including phenoxy) is 1. The number of hydrogen-bond acceptors (Lipinski definition) is 4. The fraction of sp³-hybridized carbons (Fsp3) is 0.667. The fourth-order valence-corrected chi connectivity index (χ4v) is 4.93. The minimum atomic E-state index is -0.554. The first-order valence-corrected chi connectivity index (χ1v) is 11.8. The molecule has 2 amide bonds. The molecular weight excluding hydrogens is 414 g/mol. The second-order valence-electron chi connectivity index (χ2n) is 9.42. The summed E-state index contributed by atoms with van der Waals surface area (Å²) < 4.78 is 5.84. The Balaban J connectivity index is 1.54. The van der Waals surface area contributed by atoms with Gasteiger partial charge in [-0.3, -0.25) is 14.5 Å². The highest BCUT2D eigenvalue weighted by molar-refractivity contribution is 6.33. The van der Waals surface area contributed by atoms with Gasteiger partial charge in [0.25, 0.3) is 5.91 Å². The van der Waals surface area contributed by atoms with Crippen LogP contribution in [-0.2, 0) is 9.53 Å². The van der Waals surface area contributed by atoms with Crippen LogP contribution in [0.25, 0.3) is 0 Å². The lowest BCUT2D eigenvalue weighted by Crippen LogP contribution is -2.54. The van der Waals surface area contributed by atoms with Gasteiger partial charge in [-0.2, -0.15) is 0 Å². The summed E-state index contributed by atoms with van der Waals surface area (Å²) in [6.45, 7) is 12.7. The van der Waals surface area contributed by atoms with Crippen molar-refractivity contribution in [3.8, 4) is 0 Å². The van der Waals surface area contributed by atoms with Gasteiger partial charge in [0, 0.05) is 32.7 Å². The fourth-order valence-electron chi connectivity index (χ4n) is 4.71. The Morgan fingerprint density at radius 3 is 2.32 bits per heavy atom. The van der Waals surface area contributed by atoms with Crippen molar-refractivity contribution >= 4 is 23.4 Å². The van der Waals surface area contributed by atoms with Gasteiger partial charge >= 0.3 is 0 Å². The van der Waals surface area contributed by atoms with E-state index in [1.807, 2.05) is 18.7 Å². The van der Waals surface area contributed by atoms with Crippen LogP contribution < -0.4 is 5.32 Å². The standard InChI is InChI=1S/C24H36ClN3O3/c1-16(2)22(26-23(29)20-7-5-6-8-21(20)25)24(30)28-11-9-19(10-12-28)15-27-13-17(3)31-18(4)14-27/h5-8,16-19,22H,9-15H2,1-4H3,(H,26,29)/t17-,18+,22-/m1/s1. The Kier molecular flexibility index (Phi) is 8.36. The minimum Gasteiger partial charge on any atom is -0.373 e. The summed E-state index contributed by atoms with van der Waals surface area (Å²) in [6, 6.07) is 6.36. The minimum absolute atomic E-state index is 0.00229. The van der Waals surface area contributed by atoms with Crippen LogP contribution >= 0.6 is 11.6 Å². The molecule has 31 heavy (non-hydrogen) atoms. The number of nitrogens with zero attached hydrogens (tertiary/aromatic N) is 2. The van der Waals surface area contributed by atoms with E-state index in [9.17, 15) is 9.59 Å². The van der Waals surface area contributed by atoms with Crippen molar-refractivity contribution < 1.29 is 14.3 Å². The maximum Gasteiger partial charge on any atom is 0.253 e. The van der Waals surface area contributed by atoms with Crippen molar-refractivity contribution in [2.24, 2.45) is 11.8 Å². The summed E-state index contributed by atoms with van der Waals surface area (Å²) in [4.78, 5) is 30.4. The molecule has 2 aliphatic rings. The Labute approximate surface area is 191 Å². The third-order valence-electron chi connectivity index (χ3n) is 6.28. The summed E-state index contributed by atoms with van der Waals surface area (Å²) in [7, 11) is 0. The summed E-state index contributed by atoms with van der Waals surface area (Å²) in [5.41, 5.74) is 0.398. The Morgan fingerprint density at radius 1 is 1.13 bits per heavy atom. The molecule has 2 heterocycles. The molecule has 3 rings (SSSR count). The largest absolute Gasteiger partial charge is 0.373 e. The Hall–Kier alpha value is -1.63. The van der Waals surface area contributed by atoms with Crippen molar-refractivity contribution in [1.29, 1.82) is 0 Å². The number of hydrogen-bond donors (Lipinski definition) is 1. The van der Waals surface area contributed by atoms with E-state index in [0.29, 0.717) is 16.5 Å². The molecule has 0 bridgehead atoms. The van der Waals surface area contributed by atoms with Gasteiger partial charge in [0.05, 0.1) is 22.8 Å². The van der Waals surface area contributed by atoms with E-state index in [1.54, 1.807) is 24.3 Å². The van der Waals surface area contributed by atoms with Gasteiger partial charge in [-0.15, -0.1) is 0 Å². The van der Waals surface area contributed by atoms with Gasteiger partial charge < -0.3 is 15.0 Å². The topological polar surface area (TPSA) is 61.9 Å². The van der Waals surface area contributed by atoms with Gasteiger partial charge in [-0.1, -0.05) is 37.6 Å². The van der Waals surface area contributed by atoms with Crippen LogP contribution in [0, 0.1) is 11.8 Å². The average Bonchev–Trinajstić information content (AvgIpc) is 2.71. The predicted molar refractivity (Wildman–Crippen MR) is 123 cm³/mol. The molecule has 0 aromatic heterocycles. The SMILES string of the molecule is CC(C)[C@@H](NC(=O)c1ccccc1Cl)C(=O)N1CCC(CN2C[C@@H](C)O[C@@H](C)C2)CC1. The molecule has 2 fully saturated rings. The van der Waals surface area contributed by atoms with Crippen molar-refractivity contribution in [3.63, 3.8) is 0 Å². The van der Waals surface area contributed by atoms with E-state index >= 15 is 0 Å². The third-order valence-corrected chi connectivity index (χ3v) is 6.61. The molecule has 6 nitrogen and oxygen atoms in total. The first-order chi connectivity index (χ1) is 14.7. The molecule has 0 saturated carbocycles. The lowest BCUT2D eigenvalue weighted by molar-refractivity contribution is -0.136. The zero-order chi connectivity index (χ0) is 22.5. The van der Waals surface area contributed by atoms with Crippen LogP contribution in [0.15, 0.2) is 24.3 Å². The van der Waals surface area contributed by atoms with Gasteiger partial charge in [0.2, 0.25) is 5.91 Å². The average molecular weight is 450 g/mol. The van der Waals surface area contributed by atoms with E-state index in [2.05, 4.69) is 24.1 Å². The maximum atomic E-state index is 13.2. The molecule has 1 N–H and O–H groups in total. The lowest BCUT2D eigenvalue weighted by Gasteiger charge is -2.40. The number of benzene rings is 1. The zero-order valence-corrected chi connectivity index (χ0v) is 19.9. The van der Waals surface area contributed by atoms with Crippen LogP contribution in [0.1, 0.15) is 50.9 Å². The molecule has 0 spiro atoms. The van der Waals surface area contributed by atoms with Crippen molar-refractivity contribution in [2.45, 2.75) is 58.8 Å². The number of halogens is 1. The summed E-state index contributed by atoms with van der Waals surface area (Å²) >= 11 is 6.16. The summed E-state index contributed by atoms with van der Waals surface area (Å²) in [6.07, 6.45) is 2.54. The van der Waals surface area contributed by atoms with Crippen LogP contribution in [0.4, 0.5) is 0 Å². The second-order valence-corrected chi connectivity index (χ2v) is 9.83. The van der Waals surface area contributed by atoms with Crippen molar-refractivity contribution in [3.05, 3.63) is 34.9 Å². The monoisotopic (exact) mass is 449 g/mol. The molecule has 0 radical (unpaired) electrons. The van der Waals surface area contributed by atoms with Crippen LogP contribution in [0.3, 0.4) is 0 Å². The van der Waals surface area contributed by atoms with E-state index in [1.165, 1.54) is 0 Å². The highest BCUT2D eigenvalue weighted by atomic mass is 35.5. The third kappa shape index (κ3) is 6.43. The molecule has 0 aliphatic carbocycles.